The van der Waals surface area contributed by atoms with Gasteiger partial charge < -0.3 is 9.84 Å². The van der Waals surface area contributed by atoms with Gasteiger partial charge in [-0.05, 0) is 20.3 Å². The summed E-state index contributed by atoms with van der Waals surface area (Å²) in [5.41, 5.74) is 0.627. The predicted octanol–water partition coefficient (Wildman–Crippen LogP) is 1.15. The minimum absolute atomic E-state index is 0.231. The Morgan fingerprint density at radius 3 is 2.87 bits per heavy atom. The number of aliphatic hydroxyl groups excluding tert-OH is 1. The number of hydrogen-bond donors (Lipinski definition) is 1. The summed E-state index contributed by atoms with van der Waals surface area (Å²) < 4.78 is 7.08. The maximum absolute atomic E-state index is 9.51. The molecule has 0 aliphatic rings. The van der Waals surface area contributed by atoms with Crippen molar-refractivity contribution in [1.82, 2.24) is 15.0 Å². The smallest absolute Gasteiger partial charge is 0.111 e. The maximum atomic E-state index is 9.51. The summed E-state index contributed by atoms with van der Waals surface area (Å²) in [6, 6.07) is 0. The van der Waals surface area contributed by atoms with Crippen molar-refractivity contribution in [2.75, 3.05) is 6.61 Å². The second-order valence-corrected chi connectivity index (χ2v) is 3.75. The summed E-state index contributed by atoms with van der Waals surface area (Å²) >= 11 is 0. The molecule has 0 spiro atoms. The van der Waals surface area contributed by atoms with Gasteiger partial charge >= 0.3 is 0 Å². The highest BCUT2D eigenvalue weighted by atomic mass is 16.5. The normalized spacial score (nSPS) is 13.4. The average molecular weight is 213 g/mol. The quantitative estimate of drug-likeness (QED) is 0.770. The number of ether oxygens (including phenoxy) is 1. The molecule has 0 amide bonds. The standard InChI is InChI=1S/C10H19N3O2/c1-4-10(14)9-7-13(12-11-9)5-6-15-8(2)3/h7-8,10,14H,4-6H2,1-3H3. The van der Waals surface area contributed by atoms with Gasteiger partial charge in [-0.1, -0.05) is 12.1 Å². The third kappa shape index (κ3) is 3.97. The first-order valence-corrected chi connectivity index (χ1v) is 5.33. The first-order valence-electron chi connectivity index (χ1n) is 5.33. The van der Waals surface area contributed by atoms with E-state index in [2.05, 4.69) is 10.3 Å². The second kappa shape index (κ2) is 5.82. The van der Waals surface area contributed by atoms with Gasteiger partial charge in [0.25, 0.3) is 0 Å². The Morgan fingerprint density at radius 1 is 1.53 bits per heavy atom. The Bertz CT molecular complexity index is 286. The van der Waals surface area contributed by atoms with E-state index in [4.69, 9.17) is 4.74 Å². The molecule has 15 heavy (non-hydrogen) atoms. The van der Waals surface area contributed by atoms with Crippen LogP contribution in [0.1, 0.15) is 39.0 Å². The monoisotopic (exact) mass is 213 g/mol. The van der Waals surface area contributed by atoms with Crippen molar-refractivity contribution in [3.63, 3.8) is 0 Å². The Balaban J connectivity index is 2.39. The minimum Gasteiger partial charge on any atom is -0.387 e. The van der Waals surface area contributed by atoms with E-state index >= 15 is 0 Å². The summed E-state index contributed by atoms with van der Waals surface area (Å²) in [7, 11) is 0. The molecular formula is C10H19N3O2. The van der Waals surface area contributed by atoms with Crippen LogP contribution >= 0.6 is 0 Å². The summed E-state index contributed by atoms with van der Waals surface area (Å²) in [6.45, 7) is 7.18. The number of aliphatic hydroxyl groups is 1. The highest BCUT2D eigenvalue weighted by Gasteiger charge is 2.09. The second-order valence-electron chi connectivity index (χ2n) is 3.75. The van der Waals surface area contributed by atoms with E-state index < -0.39 is 6.10 Å². The number of hydrogen-bond acceptors (Lipinski definition) is 4. The molecule has 1 rings (SSSR count). The van der Waals surface area contributed by atoms with E-state index in [0.29, 0.717) is 25.3 Å². The molecule has 86 valence electrons. The van der Waals surface area contributed by atoms with E-state index in [1.54, 1.807) is 10.9 Å². The van der Waals surface area contributed by atoms with E-state index in [1.807, 2.05) is 20.8 Å². The van der Waals surface area contributed by atoms with Gasteiger partial charge in [0.2, 0.25) is 0 Å². The third-order valence-electron chi connectivity index (χ3n) is 2.06. The van der Waals surface area contributed by atoms with Crippen LogP contribution in [-0.4, -0.2) is 32.8 Å². The van der Waals surface area contributed by atoms with Crippen LogP contribution in [0.2, 0.25) is 0 Å². The fraction of sp³-hybridized carbons (Fsp3) is 0.800. The van der Waals surface area contributed by atoms with Crippen LogP contribution in [-0.2, 0) is 11.3 Å². The zero-order chi connectivity index (χ0) is 11.3. The molecule has 0 radical (unpaired) electrons. The lowest BCUT2D eigenvalue weighted by atomic mass is 10.2. The van der Waals surface area contributed by atoms with Gasteiger partial charge in [-0.15, -0.1) is 5.10 Å². The first-order chi connectivity index (χ1) is 7.13. The van der Waals surface area contributed by atoms with E-state index in [-0.39, 0.29) is 6.10 Å². The van der Waals surface area contributed by atoms with Gasteiger partial charge in [0.1, 0.15) is 5.69 Å². The topological polar surface area (TPSA) is 60.2 Å². The molecule has 5 heteroatoms. The molecule has 1 aromatic rings. The predicted molar refractivity (Wildman–Crippen MR) is 56.4 cm³/mol. The summed E-state index contributed by atoms with van der Waals surface area (Å²) in [4.78, 5) is 0. The van der Waals surface area contributed by atoms with Crippen LogP contribution in [0.4, 0.5) is 0 Å². The van der Waals surface area contributed by atoms with Gasteiger partial charge in [0.15, 0.2) is 0 Å². The largest absolute Gasteiger partial charge is 0.387 e. The molecule has 5 nitrogen and oxygen atoms in total. The summed E-state index contributed by atoms with van der Waals surface area (Å²) in [5, 5.41) is 17.3. The van der Waals surface area contributed by atoms with Crippen molar-refractivity contribution in [2.45, 2.75) is 45.9 Å². The Hall–Kier alpha value is -0.940. The molecule has 1 unspecified atom stereocenters. The van der Waals surface area contributed by atoms with Crippen molar-refractivity contribution in [3.05, 3.63) is 11.9 Å². The van der Waals surface area contributed by atoms with E-state index in [1.165, 1.54) is 0 Å². The van der Waals surface area contributed by atoms with Gasteiger partial charge in [0.05, 0.1) is 31.6 Å². The molecule has 0 bridgehead atoms. The Morgan fingerprint density at radius 2 is 2.27 bits per heavy atom. The molecular weight excluding hydrogens is 194 g/mol. The number of rotatable bonds is 6. The van der Waals surface area contributed by atoms with Gasteiger partial charge in [-0.25, -0.2) is 4.68 Å². The Kier molecular flexibility index (Phi) is 4.71. The molecule has 1 aromatic heterocycles. The van der Waals surface area contributed by atoms with E-state index in [0.717, 1.165) is 0 Å². The highest BCUT2D eigenvalue weighted by molar-refractivity contribution is 4.96. The molecule has 0 saturated carbocycles. The van der Waals surface area contributed by atoms with E-state index in [9.17, 15) is 5.11 Å². The zero-order valence-electron chi connectivity index (χ0n) is 9.55. The fourth-order valence-electron chi connectivity index (χ4n) is 1.17. The zero-order valence-corrected chi connectivity index (χ0v) is 9.55. The Labute approximate surface area is 90.1 Å². The molecule has 0 saturated heterocycles. The van der Waals surface area contributed by atoms with Crippen LogP contribution in [0, 0.1) is 0 Å². The maximum Gasteiger partial charge on any atom is 0.111 e. The molecule has 1 N–H and O–H groups in total. The van der Waals surface area contributed by atoms with Crippen molar-refractivity contribution < 1.29 is 9.84 Å². The van der Waals surface area contributed by atoms with Crippen molar-refractivity contribution in [3.8, 4) is 0 Å². The lowest BCUT2D eigenvalue weighted by molar-refractivity contribution is 0.0706. The molecule has 0 aliphatic heterocycles. The van der Waals surface area contributed by atoms with Crippen molar-refractivity contribution >= 4 is 0 Å². The molecule has 1 heterocycles. The summed E-state index contributed by atoms with van der Waals surface area (Å²) in [6.07, 6.45) is 2.14. The molecule has 0 aliphatic carbocycles. The number of aromatic nitrogens is 3. The first kappa shape index (κ1) is 12.1. The van der Waals surface area contributed by atoms with Gasteiger partial charge in [-0.3, -0.25) is 0 Å². The fourth-order valence-corrected chi connectivity index (χ4v) is 1.17. The van der Waals surface area contributed by atoms with Crippen LogP contribution in [0.3, 0.4) is 0 Å². The SMILES string of the molecule is CCC(O)c1cn(CCOC(C)C)nn1. The van der Waals surface area contributed by atoms with Gasteiger partial charge in [0, 0.05) is 0 Å². The van der Waals surface area contributed by atoms with Crippen LogP contribution in [0.25, 0.3) is 0 Å². The highest BCUT2D eigenvalue weighted by Crippen LogP contribution is 2.11. The lowest BCUT2D eigenvalue weighted by Gasteiger charge is -2.06. The molecule has 0 fully saturated rings. The average Bonchev–Trinajstić information content (AvgIpc) is 2.65. The van der Waals surface area contributed by atoms with Crippen LogP contribution in [0.5, 0.6) is 0 Å². The van der Waals surface area contributed by atoms with Gasteiger partial charge in [-0.2, -0.15) is 0 Å². The molecule has 0 aromatic carbocycles. The lowest BCUT2D eigenvalue weighted by Crippen LogP contribution is -2.10. The number of nitrogens with zero attached hydrogens (tertiary/aromatic N) is 3. The van der Waals surface area contributed by atoms with Crippen molar-refractivity contribution in [1.29, 1.82) is 0 Å². The molecule has 1 atom stereocenters. The minimum atomic E-state index is -0.509. The summed E-state index contributed by atoms with van der Waals surface area (Å²) in [5.74, 6) is 0. The van der Waals surface area contributed by atoms with Crippen LogP contribution < -0.4 is 0 Å². The third-order valence-corrected chi connectivity index (χ3v) is 2.06. The van der Waals surface area contributed by atoms with Crippen molar-refractivity contribution in [2.24, 2.45) is 0 Å². The van der Waals surface area contributed by atoms with Crippen LogP contribution in [0.15, 0.2) is 6.20 Å².